The number of halogens is 2. The molecule has 2 N–H and O–H groups in total. The van der Waals surface area contributed by atoms with Crippen molar-refractivity contribution in [3.8, 4) is 5.69 Å². The Kier molecular flexibility index (Phi) is 3.13. The van der Waals surface area contributed by atoms with Crippen LogP contribution in [-0.4, -0.2) is 20.6 Å². The van der Waals surface area contributed by atoms with Crippen molar-refractivity contribution < 1.29 is 14.3 Å². The quantitative estimate of drug-likeness (QED) is 0.746. The number of para-hydroxylation sites is 2. The summed E-state index contributed by atoms with van der Waals surface area (Å²) in [4.78, 5) is 26.0. The normalized spacial score (nSPS) is 11.0. The Hall–Kier alpha value is -2.41. The summed E-state index contributed by atoms with van der Waals surface area (Å²) in [7, 11) is 0. The molecule has 0 unspecified atom stereocenters. The number of hydrogen-bond donors (Lipinski definition) is 2. The minimum absolute atomic E-state index is 0.0255. The van der Waals surface area contributed by atoms with Crippen molar-refractivity contribution in [2.45, 2.75) is 0 Å². The van der Waals surface area contributed by atoms with E-state index in [9.17, 15) is 19.1 Å². The number of hydrogen-bond acceptors (Lipinski definition) is 2. The molecular weight excluding hydrogens is 343 g/mol. The number of aromatic carboxylic acids is 1. The van der Waals surface area contributed by atoms with E-state index < -0.39 is 17.5 Å². The molecule has 0 aliphatic rings. The molecule has 21 heavy (non-hydrogen) atoms. The second-order valence-electron chi connectivity index (χ2n) is 4.34. The van der Waals surface area contributed by atoms with E-state index in [4.69, 9.17) is 0 Å². The summed E-state index contributed by atoms with van der Waals surface area (Å²) < 4.78 is 15.5. The van der Waals surface area contributed by atoms with Crippen LogP contribution in [0.4, 0.5) is 4.39 Å². The highest BCUT2D eigenvalue weighted by atomic mass is 79.9. The first-order chi connectivity index (χ1) is 10.0. The Labute approximate surface area is 125 Å². The molecule has 5 nitrogen and oxygen atoms in total. The number of carbonyl (C=O) groups is 1. The van der Waals surface area contributed by atoms with E-state index in [0.717, 1.165) is 4.57 Å². The van der Waals surface area contributed by atoms with Crippen molar-refractivity contribution >= 4 is 32.9 Å². The molecule has 0 amide bonds. The highest BCUT2D eigenvalue weighted by molar-refractivity contribution is 9.10. The van der Waals surface area contributed by atoms with Crippen LogP contribution < -0.4 is 5.69 Å². The van der Waals surface area contributed by atoms with Crippen LogP contribution in [0.25, 0.3) is 16.7 Å². The first-order valence-corrected chi connectivity index (χ1v) is 6.71. The second-order valence-corrected chi connectivity index (χ2v) is 5.20. The molecule has 1 heterocycles. The predicted molar refractivity (Wildman–Crippen MR) is 78.5 cm³/mol. The summed E-state index contributed by atoms with van der Waals surface area (Å²) in [5, 5.41) is 9.27. The van der Waals surface area contributed by atoms with Crippen LogP contribution in [0.2, 0.25) is 0 Å². The summed E-state index contributed by atoms with van der Waals surface area (Å²) in [6.07, 6.45) is 0. The van der Waals surface area contributed by atoms with Gasteiger partial charge >= 0.3 is 11.7 Å². The summed E-state index contributed by atoms with van der Waals surface area (Å²) in [5.74, 6) is -1.83. The zero-order valence-corrected chi connectivity index (χ0v) is 12.0. The van der Waals surface area contributed by atoms with Crippen LogP contribution in [-0.2, 0) is 0 Å². The molecule has 3 rings (SSSR count). The molecule has 106 valence electrons. The highest BCUT2D eigenvalue weighted by Gasteiger charge is 2.20. The molecule has 0 saturated carbocycles. The van der Waals surface area contributed by atoms with E-state index in [-0.39, 0.29) is 16.8 Å². The van der Waals surface area contributed by atoms with Crippen molar-refractivity contribution in [3.63, 3.8) is 0 Å². The van der Waals surface area contributed by atoms with Crippen molar-refractivity contribution in [3.05, 3.63) is 62.7 Å². The van der Waals surface area contributed by atoms with Gasteiger partial charge in [-0.2, -0.15) is 0 Å². The maximum Gasteiger partial charge on any atom is 0.337 e. The van der Waals surface area contributed by atoms with E-state index in [1.807, 2.05) is 0 Å². The number of nitrogens with zero attached hydrogens (tertiary/aromatic N) is 1. The molecule has 0 radical (unpaired) electrons. The van der Waals surface area contributed by atoms with Gasteiger partial charge < -0.3 is 10.1 Å². The molecule has 0 bridgehead atoms. The third kappa shape index (κ3) is 2.06. The third-order valence-corrected chi connectivity index (χ3v) is 3.74. The van der Waals surface area contributed by atoms with Gasteiger partial charge in [-0.25, -0.2) is 14.0 Å². The molecule has 0 aliphatic carbocycles. The van der Waals surface area contributed by atoms with Gasteiger partial charge in [-0.05, 0) is 40.2 Å². The number of rotatable bonds is 2. The maximum absolute atomic E-state index is 14.1. The van der Waals surface area contributed by atoms with E-state index in [0.29, 0.717) is 9.99 Å². The monoisotopic (exact) mass is 350 g/mol. The van der Waals surface area contributed by atoms with Crippen molar-refractivity contribution in [1.82, 2.24) is 9.55 Å². The minimum atomic E-state index is -1.19. The summed E-state index contributed by atoms with van der Waals surface area (Å²) in [6.45, 7) is 0. The summed E-state index contributed by atoms with van der Waals surface area (Å²) >= 11 is 3.19. The van der Waals surface area contributed by atoms with Crippen molar-refractivity contribution in [2.75, 3.05) is 0 Å². The molecule has 0 fully saturated rings. The van der Waals surface area contributed by atoms with Gasteiger partial charge in [-0.15, -0.1) is 0 Å². The first-order valence-electron chi connectivity index (χ1n) is 5.92. The number of carboxylic acid groups (broad SMARTS) is 1. The molecule has 0 saturated heterocycles. The van der Waals surface area contributed by atoms with Gasteiger partial charge in [-0.3, -0.25) is 4.57 Å². The zero-order chi connectivity index (χ0) is 15.1. The Morgan fingerprint density at radius 2 is 1.95 bits per heavy atom. The lowest BCUT2D eigenvalue weighted by Gasteiger charge is -2.08. The largest absolute Gasteiger partial charge is 0.478 e. The fourth-order valence-electron chi connectivity index (χ4n) is 2.25. The van der Waals surface area contributed by atoms with Gasteiger partial charge in [0.05, 0.1) is 16.6 Å². The molecule has 0 spiro atoms. The molecular formula is C14H8BrFN2O3. The number of aromatic amines is 1. The van der Waals surface area contributed by atoms with Crippen LogP contribution in [0.15, 0.2) is 45.7 Å². The van der Waals surface area contributed by atoms with Crippen LogP contribution in [0.5, 0.6) is 0 Å². The van der Waals surface area contributed by atoms with E-state index in [1.54, 1.807) is 12.1 Å². The summed E-state index contributed by atoms with van der Waals surface area (Å²) in [5.41, 5.74) is -0.260. The second kappa shape index (κ2) is 4.85. The smallest absolute Gasteiger partial charge is 0.337 e. The Morgan fingerprint density at radius 3 is 2.62 bits per heavy atom. The average molecular weight is 351 g/mol. The van der Waals surface area contributed by atoms with Crippen LogP contribution in [0.1, 0.15) is 10.4 Å². The van der Waals surface area contributed by atoms with Crippen molar-refractivity contribution in [2.24, 2.45) is 0 Å². The third-order valence-electron chi connectivity index (χ3n) is 3.10. The SMILES string of the molecule is O=C(O)c1cccc2[nH]c(=O)n(-c3c(F)cccc3Br)c12. The molecule has 0 atom stereocenters. The van der Waals surface area contributed by atoms with Crippen LogP contribution >= 0.6 is 15.9 Å². The van der Waals surface area contributed by atoms with Crippen LogP contribution in [0, 0.1) is 5.82 Å². The van der Waals surface area contributed by atoms with E-state index in [2.05, 4.69) is 20.9 Å². The van der Waals surface area contributed by atoms with Gasteiger partial charge in [0.1, 0.15) is 11.5 Å². The average Bonchev–Trinajstić information content (AvgIpc) is 2.75. The first kappa shape index (κ1) is 13.6. The van der Waals surface area contributed by atoms with Crippen LogP contribution in [0.3, 0.4) is 0 Å². The lowest BCUT2D eigenvalue weighted by atomic mass is 10.1. The van der Waals surface area contributed by atoms with Gasteiger partial charge in [0, 0.05) is 4.47 Å². The van der Waals surface area contributed by atoms with Gasteiger partial charge in [-0.1, -0.05) is 12.1 Å². The fourth-order valence-corrected chi connectivity index (χ4v) is 2.77. The fraction of sp³-hybridized carbons (Fsp3) is 0. The molecule has 0 aliphatic heterocycles. The Balaban J connectivity index is 2.51. The van der Waals surface area contributed by atoms with E-state index >= 15 is 0 Å². The number of aromatic nitrogens is 2. The molecule has 3 aromatic rings. The van der Waals surface area contributed by atoms with Gasteiger partial charge in [0.25, 0.3) is 0 Å². The lowest BCUT2D eigenvalue weighted by Crippen LogP contribution is -2.17. The molecule has 7 heteroatoms. The standard InChI is InChI=1S/C14H8BrFN2O3/c15-8-4-2-5-9(16)12(8)18-11-7(13(19)20)3-1-6-10(11)17-14(18)21/h1-6H,(H,17,21)(H,19,20). The number of imidazole rings is 1. The Morgan fingerprint density at radius 1 is 1.24 bits per heavy atom. The molecule has 1 aromatic heterocycles. The van der Waals surface area contributed by atoms with Crippen molar-refractivity contribution in [1.29, 1.82) is 0 Å². The maximum atomic E-state index is 14.1. The number of benzene rings is 2. The predicted octanol–water partition coefficient (Wildman–Crippen LogP) is 2.92. The summed E-state index contributed by atoms with van der Waals surface area (Å²) in [6, 6.07) is 8.71. The van der Waals surface area contributed by atoms with Gasteiger partial charge in [0.15, 0.2) is 0 Å². The zero-order valence-electron chi connectivity index (χ0n) is 10.4. The lowest BCUT2D eigenvalue weighted by molar-refractivity contribution is 0.0698. The number of fused-ring (bicyclic) bond motifs is 1. The number of nitrogens with one attached hydrogen (secondary N) is 1. The highest BCUT2D eigenvalue weighted by Crippen LogP contribution is 2.27. The Bertz CT molecular complexity index is 909. The minimum Gasteiger partial charge on any atom is -0.478 e. The van der Waals surface area contributed by atoms with Gasteiger partial charge in [0.2, 0.25) is 0 Å². The number of carboxylic acids is 1. The number of H-pyrrole nitrogens is 1. The molecule has 2 aromatic carbocycles. The topological polar surface area (TPSA) is 75.1 Å². The van der Waals surface area contributed by atoms with E-state index in [1.165, 1.54) is 24.3 Å².